The summed E-state index contributed by atoms with van der Waals surface area (Å²) in [6.45, 7) is 0.393. The fourth-order valence-electron chi connectivity index (χ4n) is 0.400. The van der Waals surface area contributed by atoms with Crippen molar-refractivity contribution in [2.45, 2.75) is 6.92 Å². The molecule has 0 aromatic heterocycles. The summed E-state index contributed by atoms with van der Waals surface area (Å²) in [6.07, 6.45) is 0. The molecule has 0 aliphatic rings. The number of rotatable bonds is 3. The number of hydrogen-bond acceptors (Lipinski definition) is 4. The van der Waals surface area contributed by atoms with Crippen LogP contribution in [0.1, 0.15) is 6.92 Å². The minimum Gasteiger partial charge on any atom is -0.476 e. The zero-order chi connectivity index (χ0) is 8.15. The van der Waals surface area contributed by atoms with E-state index in [1.54, 1.807) is 0 Å². The largest absolute Gasteiger partial charge is 0.476 e. The summed E-state index contributed by atoms with van der Waals surface area (Å²) in [4.78, 5) is 23.5. The topological polar surface area (TPSA) is 87.0 Å². The van der Waals surface area contributed by atoms with Gasteiger partial charge in [-0.05, 0) is 0 Å². The van der Waals surface area contributed by atoms with E-state index < -0.39 is 24.2 Å². The Balaban J connectivity index is 4.42. The smallest absolute Gasteiger partial charge is 0.357 e. The van der Waals surface area contributed by atoms with Gasteiger partial charge in [0.15, 0.2) is 11.5 Å². The lowest BCUT2D eigenvalue weighted by molar-refractivity contribution is -0.130. The van der Waals surface area contributed by atoms with Crippen LogP contribution in [-0.4, -0.2) is 34.4 Å². The van der Waals surface area contributed by atoms with Crippen LogP contribution < -0.4 is 0 Å². The van der Waals surface area contributed by atoms with E-state index >= 15 is 0 Å². The third-order valence-corrected chi connectivity index (χ3v) is 0.765. The van der Waals surface area contributed by atoms with Crippen LogP contribution in [0.5, 0.6) is 0 Å². The molecule has 5 heteroatoms. The van der Waals surface area contributed by atoms with Crippen LogP contribution in [-0.2, 0) is 9.59 Å². The van der Waals surface area contributed by atoms with E-state index in [2.05, 4.69) is 4.99 Å². The van der Waals surface area contributed by atoms with E-state index in [1.807, 2.05) is 0 Å². The Labute approximate surface area is 57.0 Å². The Hall–Kier alpha value is -1.23. The van der Waals surface area contributed by atoms with Crippen LogP contribution in [0.4, 0.5) is 0 Å². The van der Waals surface area contributed by atoms with Crippen LogP contribution in [0.25, 0.3) is 0 Å². The molecule has 0 aromatic rings. The zero-order valence-electron chi connectivity index (χ0n) is 5.37. The van der Waals surface area contributed by atoms with E-state index in [0.717, 1.165) is 6.92 Å². The third-order valence-electron chi connectivity index (χ3n) is 0.765. The molecule has 0 atom stereocenters. The first-order valence-corrected chi connectivity index (χ1v) is 2.49. The molecule has 0 rings (SSSR count). The van der Waals surface area contributed by atoms with Gasteiger partial charge in [-0.2, -0.15) is 0 Å². The first kappa shape index (κ1) is 8.77. The highest BCUT2D eigenvalue weighted by Gasteiger charge is 2.13. The number of Topliss-reactive ketones (excluding diaryl/α,β-unsaturated/α-hetero) is 1. The highest BCUT2D eigenvalue weighted by atomic mass is 16.4. The molecule has 0 fully saturated rings. The molecule has 0 aliphatic carbocycles. The Morgan fingerprint density at radius 2 is 2.00 bits per heavy atom. The van der Waals surface area contributed by atoms with Crippen molar-refractivity contribution >= 4 is 17.5 Å². The molecular weight excluding hydrogens is 138 g/mol. The molecular formula is C5H7NO4. The summed E-state index contributed by atoms with van der Waals surface area (Å²) < 4.78 is 0. The van der Waals surface area contributed by atoms with Gasteiger partial charge in [0.1, 0.15) is 6.73 Å². The van der Waals surface area contributed by atoms with Gasteiger partial charge >= 0.3 is 5.97 Å². The van der Waals surface area contributed by atoms with E-state index in [0.29, 0.717) is 0 Å². The molecule has 0 aromatic carbocycles. The maximum Gasteiger partial charge on any atom is 0.357 e. The summed E-state index contributed by atoms with van der Waals surface area (Å²) in [6, 6.07) is 0. The Morgan fingerprint density at radius 3 is 2.10 bits per heavy atom. The highest BCUT2D eigenvalue weighted by Crippen LogP contribution is 1.81. The van der Waals surface area contributed by atoms with Gasteiger partial charge in [0.25, 0.3) is 0 Å². The minimum atomic E-state index is -1.42. The van der Waals surface area contributed by atoms with Crippen LogP contribution in [0, 0.1) is 0 Å². The number of aliphatic hydroxyl groups excluding tert-OH is 1. The average molecular weight is 145 g/mol. The highest BCUT2D eigenvalue weighted by molar-refractivity contribution is 6.63. The predicted octanol–water partition coefficient (Wildman–Crippen LogP) is -0.949. The number of carbonyl (C=O) groups is 2. The Kier molecular flexibility index (Phi) is 3.27. The number of ketones is 1. The van der Waals surface area contributed by atoms with Crippen LogP contribution in [0.15, 0.2) is 4.99 Å². The van der Waals surface area contributed by atoms with E-state index in [-0.39, 0.29) is 0 Å². The zero-order valence-corrected chi connectivity index (χ0v) is 5.37. The lowest BCUT2D eigenvalue weighted by atomic mass is 10.3. The molecule has 0 heterocycles. The summed E-state index contributed by atoms with van der Waals surface area (Å²) >= 11 is 0. The van der Waals surface area contributed by atoms with E-state index in [4.69, 9.17) is 10.2 Å². The number of nitrogens with zero attached hydrogens (tertiary/aromatic N) is 1. The number of hydrogen-bond donors (Lipinski definition) is 2. The van der Waals surface area contributed by atoms with Crippen LogP contribution >= 0.6 is 0 Å². The second kappa shape index (κ2) is 3.73. The van der Waals surface area contributed by atoms with Crippen molar-refractivity contribution in [2.24, 2.45) is 4.99 Å². The van der Waals surface area contributed by atoms with Crippen LogP contribution in [0.2, 0.25) is 0 Å². The lowest BCUT2D eigenvalue weighted by Gasteiger charge is -1.91. The molecule has 0 saturated carbocycles. The summed E-state index contributed by atoms with van der Waals surface area (Å²) in [5.74, 6) is -2.08. The van der Waals surface area contributed by atoms with Crippen molar-refractivity contribution in [3.8, 4) is 0 Å². The molecule has 10 heavy (non-hydrogen) atoms. The SMILES string of the molecule is CC(=O)/C(=N\CO)C(=O)O. The van der Waals surface area contributed by atoms with Crippen molar-refractivity contribution in [3.63, 3.8) is 0 Å². The molecule has 5 nitrogen and oxygen atoms in total. The quantitative estimate of drug-likeness (QED) is 0.396. The summed E-state index contributed by atoms with van der Waals surface area (Å²) in [7, 11) is 0. The normalized spacial score (nSPS) is 11.2. The fourth-order valence-corrected chi connectivity index (χ4v) is 0.400. The van der Waals surface area contributed by atoms with Crippen molar-refractivity contribution in [1.29, 1.82) is 0 Å². The first-order valence-electron chi connectivity index (χ1n) is 2.49. The number of carboxylic acids is 1. The van der Waals surface area contributed by atoms with Gasteiger partial charge in [0.2, 0.25) is 0 Å². The van der Waals surface area contributed by atoms with Crippen molar-refractivity contribution in [2.75, 3.05) is 6.73 Å². The van der Waals surface area contributed by atoms with Gasteiger partial charge in [0, 0.05) is 6.92 Å². The van der Waals surface area contributed by atoms with Crippen molar-refractivity contribution < 1.29 is 19.8 Å². The monoisotopic (exact) mass is 145 g/mol. The number of aliphatic imine (C=N–C) groups is 1. The molecule has 0 bridgehead atoms. The maximum absolute atomic E-state index is 10.4. The molecule has 0 aliphatic heterocycles. The van der Waals surface area contributed by atoms with Gasteiger partial charge in [-0.3, -0.25) is 4.79 Å². The summed E-state index contributed by atoms with van der Waals surface area (Å²) in [5.41, 5.74) is -0.623. The summed E-state index contributed by atoms with van der Waals surface area (Å²) in [5, 5.41) is 16.3. The van der Waals surface area contributed by atoms with Gasteiger partial charge in [-0.1, -0.05) is 0 Å². The van der Waals surface area contributed by atoms with Crippen LogP contribution in [0.3, 0.4) is 0 Å². The van der Waals surface area contributed by atoms with Gasteiger partial charge in [-0.25, -0.2) is 9.79 Å². The molecule has 2 N–H and O–H groups in total. The van der Waals surface area contributed by atoms with Gasteiger partial charge in [-0.15, -0.1) is 0 Å². The number of aliphatic hydroxyl groups is 1. The number of carbonyl (C=O) groups excluding carboxylic acids is 1. The second-order valence-corrected chi connectivity index (χ2v) is 1.51. The van der Waals surface area contributed by atoms with Gasteiger partial charge < -0.3 is 10.2 Å². The molecule has 0 amide bonds. The lowest BCUT2D eigenvalue weighted by Crippen LogP contribution is -2.21. The standard InChI is InChI=1S/C5H7NO4/c1-3(8)4(5(9)10)6-2-7/h7H,2H2,1H3,(H,9,10)/b6-4+. The van der Waals surface area contributed by atoms with Gasteiger partial charge in [0.05, 0.1) is 0 Å². The average Bonchev–Trinajstić information content (AvgIpc) is 1.81. The third kappa shape index (κ3) is 2.36. The molecule has 0 spiro atoms. The van der Waals surface area contributed by atoms with Crippen molar-refractivity contribution in [3.05, 3.63) is 0 Å². The fraction of sp³-hybridized carbons (Fsp3) is 0.400. The van der Waals surface area contributed by atoms with Crippen molar-refractivity contribution in [1.82, 2.24) is 0 Å². The number of aliphatic carboxylic acids is 1. The molecule has 0 saturated heterocycles. The van der Waals surface area contributed by atoms with E-state index in [9.17, 15) is 9.59 Å². The molecule has 0 unspecified atom stereocenters. The Morgan fingerprint density at radius 1 is 1.50 bits per heavy atom. The molecule has 0 radical (unpaired) electrons. The number of carboxylic acid groups (broad SMARTS) is 1. The molecule has 56 valence electrons. The minimum absolute atomic E-state index is 0.623. The predicted molar refractivity (Wildman–Crippen MR) is 32.8 cm³/mol. The van der Waals surface area contributed by atoms with E-state index in [1.165, 1.54) is 0 Å². The maximum atomic E-state index is 10.4. The first-order chi connectivity index (χ1) is 4.59. The second-order valence-electron chi connectivity index (χ2n) is 1.51. The Bertz CT molecular complexity index is 168.